The number of nitrogens with zero attached hydrogens (tertiary/aromatic N) is 4. The van der Waals surface area contributed by atoms with Crippen LogP contribution in [0.2, 0.25) is 0 Å². The van der Waals surface area contributed by atoms with Gasteiger partial charge < -0.3 is 10.6 Å². The van der Waals surface area contributed by atoms with Crippen molar-refractivity contribution in [2.45, 2.75) is 33.4 Å². The van der Waals surface area contributed by atoms with Crippen LogP contribution in [0.5, 0.6) is 0 Å². The summed E-state index contributed by atoms with van der Waals surface area (Å²) in [5, 5.41) is 9.69. The van der Waals surface area contributed by atoms with Gasteiger partial charge in [-0.3, -0.25) is 4.40 Å². The fourth-order valence-corrected chi connectivity index (χ4v) is 3.63. The van der Waals surface area contributed by atoms with Crippen LogP contribution in [-0.4, -0.2) is 26.9 Å². The number of guanidine groups is 1. The number of aryl methyl sites for hydroxylation is 1. The topological polar surface area (TPSA) is 66.6 Å². The lowest BCUT2D eigenvalue weighted by Gasteiger charge is -2.09. The third-order valence-electron chi connectivity index (χ3n) is 3.24. The van der Waals surface area contributed by atoms with E-state index >= 15 is 0 Å². The Morgan fingerprint density at radius 3 is 2.92 bits per heavy atom. The first kappa shape index (κ1) is 19.1. The predicted octanol–water partition coefficient (Wildman–Crippen LogP) is 3.29. The van der Waals surface area contributed by atoms with Gasteiger partial charge in [0, 0.05) is 35.4 Å². The van der Waals surface area contributed by atoms with Crippen LogP contribution in [0.3, 0.4) is 0 Å². The zero-order valence-electron chi connectivity index (χ0n) is 13.7. The molecule has 0 bridgehead atoms. The molecule has 6 nitrogen and oxygen atoms in total. The van der Waals surface area contributed by atoms with Crippen molar-refractivity contribution in [1.29, 1.82) is 0 Å². The van der Waals surface area contributed by atoms with Crippen LogP contribution in [0.1, 0.15) is 29.4 Å². The highest BCUT2D eigenvalue weighted by Crippen LogP contribution is 2.13. The molecule has 3 heterocycles. The summed E-state index contributed by atoms with van der Waals surface area (Å²) in [5.41, 5.74) is 0.969. The molecule has 24 heavy (non-hydrogen) atoms. The molecule has 3 aromatic heterocycles. The quantitative estimate of drug-likeness (QED) is 0.326. The molecule has 9 heteroatoms. The van der Waals surface area contributed by atoms with Crippen molar-refractivity contribution in [1.82, 2.24) is 25.0 Å². The van der Waals surface area contributed by atoms with E-state index in [-0.39, 0.29) is 24.0 Å². The lowest BCUT2D eigenvalue weighted by molar-refractivity contribution is 0.809. The number of fused-ring (bicyclic) bond motifs is 1. The zero-order chi connectivity index (χ0) is 16.1. The van der Waals surface area contributed by atoms with Crippen LogP contribution in [0.25, 0.3) is 4.96 Å². The number of hydrogen-bond donors (Lipinski definition) is 2. The minimum Gasteiger partial charge on any atom is -0.357 e. The largest absolute Gasteiger partial charge is 0.357 e. The van der Waals surface area contributed by atoms with Crippen LogP contribution < -0.4 is 10.6 Å². The molecule has 3 aromatic rings. The lowest BCUT2D eigenvalue weighted by atomic mass is 10.4. The van der Waals surface area contributed by atoms with Crippen molar-refractivity contribution in [3.05, 3.63) is 39.5 Å². The Balaban J connectivity index is 0.00000208. The average Bonchev–Trinajstić information content (AvgIpc) is 3.25. The monoisotopic (exact) mass is 476 g/mol. The van der Waals surface area contributed by atoms with Gasteiger partial charge in [-0.05, 0) is 13.3 Å². The van der Waals surface area contributed by atoms with Gasteiger partial charge in [-0.15, -0.1) is 46.7 Å². The summed E-state index contributed by atoms with van der Waals surface area (Å²) in [4.78, 5) is 15.9. The van der Waals surface area contributed by atoms with Gasteiger partial charge in [-0.1, -0.05) is 6.92 Å². The molecule has 0 amide bonds. The van der Waals surface area contributed by atoms with Gasteiger partial charge in [-0.25, -0.2) is 15.0 Å². The first-order valence-corrected chi connectivity index (χ1v) is 9.35. The summed E-state index contributed by atoms with van der Waals surface area (Å²) in [6, 6.07) is 0. The van der Waals surface area contributed by atoms with Gasteiger partial charge in [0.15, 0.2) is 10.9 Å². The minimum absolute atomic E-state index is 0. The second kappa shape index (κ2) is 9.33. The van der Waals surface area contributed by atoms with Crippen molar-refractivity contribution in [3.63, 3.8) is 0 Å². The Labute approximate surface area is 166 Å². The van der Waals surface area contributed by atoms with Gasteiger partial charge in [0.05, 0.1) is 18.8 Å². The van der Waals surface area contributed by atoms with Gasteiger partial charge in [0.2, 0.25) is 0 Å². The molecular weight excluding hydrogens is 455 g/mol. The summed E-state index contributed by atoms with van der Waals surface area (Å²) in [7, 11) is 0. The normalized spacial score (nSPS) is 11.5. The first-order chi connectivity index (χ1) is 11.3. The van der Waals surface area contributed by atoms with Crippen LogP contribution in [0.4, 0.5) is 0 Å². The summed E-state index contributed by atoms with van der Waals surface area (Å²) in [6.07, 6.45) is 7.01. The van der Waals surface area contributed by atoms with E-state index < -0.39 is 0 Å². The molecule has 2 N–H and O–H groups in total. The summed E-state index contributed by atoms with van der Waals surface area (Å²) < 4.78 is 2.03. The number of imidazole rings is 1. The maximum absolute atomic E-state index is 4.60. The lowest BCUT2D eigenvalue weighted by Crippen LogP contribution is -2.36. The number of thiazole rings is 2. The van der Waals surface area contributed by atoms with Gasteiger partial charge in [0.1, 0.15) is 5.01 Å². The van der Waals surface area contributed by atoms with Crippen molar-refractivity contribution in [2.24, 2.45) is 4.99 Å². The van der Waals surface area contributed by atoms with E-state index in [9.17, 15) is 0 Å². The molecule has 0 aliphatic rings. The Hall–Kier alpha value is -1.20. The summed E-state index contributed by atoms with van der Waals surface area (Å²) >= 11 is 3.37. The number of hydrogen-bond acceptors (Lipinski definition) is 5. The smallest absolute Gasteiger partial charge is 0.193 e. The maximum Gasteiger partial charge on any atom is 0.193 e. The zero-order valence-corrected chi connectivity index (χ0v) is 17.6. The van der Waals surface area contributed by atoms with Crippen LogP contribution >= 0.6 is 46.7 Å². The molecular formula is C15H21IN6S2. The van der Waals surface area contributed by atoms with E-state index in [1.165, 1.54) is 4.88 Å². The molecule has 0 radical (unpaired) electrons. The fraction of sp³-hybridized carbons (Fsp3) is 0.400. The van der Waals surface area contributed by atoms with E-state index in [0.29, 0.717) is 13.1 Å². The van der Waals surface area contributed by atoms with Crippen molar-refractivity contribution >= 4 is 57.6 Å². The molecule has 0 aliphatic heterocycles. The molecule has 0 aromatic carbocycles. The molecule has 0 fully saturated rings. The Bertz CT molecular complexity index is 762. The number of nitrogens with one attached hydrogen (secondary N) is 2. The number of aromatic nitrogens is 3. The second-order valence-electron chi connectivity index (χ2n) is 4.95. The molecule has 0 saturated heterocycles. The van der Waals surface area contributed by atoms with Gasteiger partial charge in [-0.2, -0.15) is 0 Å². The van der Waals surface area contributed by atoms with Crippen molar-refractivity contribution < 1.29 is 0 Å². The van der Waals surface area contributed by atoms with Crippen LogP contribution in [-0.2, 0) is 19.5 Å². The number of halogens is 1. The summed E-state index contributed by atoms with van der Waals surface area (Å²) in [6.45, 7) is 6.27. The highest BCUT2D eigenvalue weighted by atomic mass is 127. The molecule has 0 unspecified atom stereocenters. The highest BCUT2D eigenvalue weighted by molar-refractivity contribution is 14.0. The molecule has 3 rings (SSSR count). The minimum atomic E-state index is 0. The third-order valence-corrected chi connectivity index (χ3v) is 5.16. The summed E-state index contributed by atoms with van der Waals surface area (Å²) in [5.74, 6) is 0.789. The molecule has 0 saturated carbocycles. The molecule has 0 atom stereocenters. The van der Waals surface area contributed by atoms with Crippen molar-refractivity contribution in [3.8, 4) is 0 Å². The first-order valence-electron chi connectivity index (χ1n) is 7.65. The second-order valence-corrected chi connectivity index (χ2v) is 7.02. The SMILES string of the molecule is CCNC(=NCc1cn2ccsc2n1)NCc1ncc(CC)s1.I. The van der Waals surface area contributed by atoms with Gasteiger partial charge in [0.25, 0.3) is 0 Å². The van der Waals surface area contributed by atoms with E-state index in [1.807, 2.05) is 28.4 Å². The molecule has 0 aliphatic carbocycles. The highest BCUT2D eigenvalue weighted by Gasteiger charge is 2.05. The predicted molar refractivity (Wildman–Crippen MR) is 112 cm³/mol. The Morgan fingerprint density at radius 2 is 2.21 bits per heavy atom. The van der Waals surface area contributed by atoms with E-state index in [2.05, 4.69) is 39.4 Å². The fourth-order valence-electron chi connectivity index (χ4n) is 2.11. The standard InChI is InChI=1S/C15H20N6S2.HI/c1-3-12-8-17-13(23-12)9-19-14(16-4-2)18-7-11-10-21-5-6-22-15(21)20-11;/h5-6,8,10H,3-4,7,9H2,1-2H3,(H2,16,18,19);1H. The van der Waals surface area contributed by atoms with E-state index in [4.69, 9.17) is 0 Å². The Kier molecular flexibility index (Phi) is 7.43. The maximum atomic E-state index is 4.60. The molecule has 130 valence electrons. The van der Waals surface area contributed by atoms with Crippen LogP contribution in [0, 0.1) is 0 Å². The average molecular weight is 476 g/mol. The van der Waals surface area contributed by atoms with E-state index in [1.54, 1.807) is 22.7 Å². The Morgan fingerprint density at radius 1 is 1.33 bits per heavy atom. The number of rotatable bonds is 6. The van der Waals surface area contributed by atoms with Gasteiger partial charge >= 0.3 is 0 Å². The van der Waals surface area contributed by atoms with E-state index in [0.717, 1.165) is 34.6 Å². The van der Waals surface area contributed by atoms with Crippen molar-refractivity contribution in [2.75, 3.05) is 6.54 Å². The third kappa shape index (κ3) is 4.90. The number of aliphatic imine (C=N–C) groups is 1. The van der Waals surface area contributed by atoms with Crippen LogP contribution in [0.15, 0.2) is 29.0 Å². The molecule has 0 spiro atoms.